The molecule has 0 unspecified atom stereocenters. The third-order valence-electron chi connectivity index (χ3n) is 4.75. The van der Waals surface area contributed by atoms with Gasteiger partial charge in [-0.1, -0.05) is 36.4 Å². The number of aryl methyl sites for hydroxylation is 2. The Morgan fingerprint density at radius 1 is 1.00 bits per heavy atom. The zero-order valence-corrected chi connectivity index (χ0v) is 17.5. The van der Waals surface area contributed by atoms with Crippen LogP contribution in [0.15, 0.2) is 48.5 Å². The van der Waals surface area contributed by atoms with E-state index in [2.05, 4.69) is 11.4 Å². The van der Waals surface area contributed by atoms with Crippen LogP contribution in [0.4, 0.5) is 4.79 Å². The molecular formula is C24H27NO4. The number of alkyl carbamates (subject to hydrolysis) is 1. The van der Waals surface area contributed by atoms with Crippen LogP contribution in [0.25, 0.3) is 6.08 Å². The van der Waals surface area contributed by atoms with Gasteiger partial charge in [-0.05, 0) is 75.1 Å². The Hall–Kier alpha value is -3.08. The van der Waals surface area contributed by atoms with Crippen LogP contribution in [0.3, 0.4) is 0 Å². The molecular weight excluding hydrogens is 366 g/mol. The van der Waals surface area contributed by atoms with Gasteiger partial charge in [0.25, 0.3) is 0 Å². The highest BCUT2D eigenvalue weighted by Crippen LogP contribution is 2.33. The van der Waals surface area contributed by atoms with Gasteiger partial charge in [0.2, 0.25) is 0 Å². The summed E-state index contributed by atoms with van der Waals surface area (Å²) in [4.78, 5) is 25.1. The van der Waals surface area contributed by atoms with E-state index in [0.29, 0.717) is 5.56 Å². The Morgan fingerprint density at radius 2 is 1.66 bits per heavy atom. The van der Waals surface area contributed by atoms with E-state index in [4.69, 9.17) is 9.47 Å². The number of carbonyl (C=O) groups excluding carboxylic acids is 2. The number of carbonyl (C=O) groups is 2. The molecule has 2 atom stereocenters. The SMILES string of the molecule is Cc1cc2c(cc1C)[C@H](NC(=O)OC(C)(C)C)[C@@H](OC(=O)c1ccccc1)C=C2. The number of fused-ring (bicyclic) bond motifs is 1. The van der Waals surface area contributed by atoms with E-state index >= 15 is 0 Å². The molecule has 0 saturated heterocycles. The van der Waals surface area contributed by atoms with Gasteiger partial charge in [0.05, 0.1) is 11.6 Å². The van der Waals surface area contributed by atoms with Crippen molar-refractivity contribution in [3.8, 4) is 0 Å². The highest BCUT2D eigenvalue weighted by atomic mass is 16.6. The maximum atomic E-state index is 12.6. The van der Waals surface area contributed by atoms with Crippen molar-refractivity contribution in [1.82, 2.24) is 5.32 Å². The second-order valence-corrected chi connectivity index (χ2v) is 8.28. The molecule has 5 heteroatoms. The minimum atomic E-state index is -0.648. The predicted molar refractivity (Wildman–Crippen MR) is 113 cm³/mol. The normalized spacial score (nSPS) is 18.0. The van der Waals surface area contributed by atoms with Gasteiger partial charge in [-0.15, -0.1) is 0 Å². The average molecular weight is 393 g/mol. The smallest absolute Gasteiger partial charge is 0.408 e. The van der Waals surface area contributed by atoms with Gasteiger partial charge < -0.3 is 14.8 Å². The molecule has 3 rings (SSSR count). The van der Waals surface area contributed by atoms with Crippen molar-refractivity contribution in [1.29, 1.82) is 0 Å². The number of amides is 1. The third-order valence-corrected chi connectivity index (χ3v) is 4.75. The first-order valence-electron chi connectivity index (χ1n) is 9.69. The van der Waals surface area contributed by atoms with Crippen molar-refractivity contribution in [2.45, 2.75) is 52.4 Å². The minimum absolute atomic E-state index is 0.441. The monoisotopic (exact) mass is 393 g/mol. The van der Waals surface area contributed by atoms with Crippen molar-refractivity contribution in [3.63, 3.8) is 0 Å². The van der Waals surface area contributed by atoms with Gasteiger partial charge in [-0.3, -0.25) is 0 Å². The van der Waals surface area contributed by atoms with E-state index < -0.39 is 29.8 Å². The molecule has 0 radical (unpaired) electrons. The molecule has 1 aliphatic rings. The molecule has 5 nitrogen and oxygen atoms in total. The summed E-state index contributed by atoms with van der Waals surface area (Å²) in [6, 6.07) is 12.4. The molecule has 1 N–H and O–H groups in total. The van der Waals surface area contributed by atoms with E-state index in [-0.39, 0.29) is 0 Å². The van der Waals surface area contributed by atoms with Crippen LogP contribution in [-0.4, -0.2) is 23.8 Å². The Labute approximate surface area is 171 Å². The number of esters is 1. The van der Waals surface area contributed by atoms with Gasteiger partial charge in [-0.2, -0.15) is 0 Å². The molecule has 1 aliphatic carbocycles. The molecule has 0 aromatic heterocycles. The van der Waals surface area contributed by atoms with E-state index in [1.165, 1.54) is 0 Å². The van der Waals surface area contributed by atoms with Crippen molar-refractivity contribution >= 4 is 18.1 Å². The van der Waals surface area contributed by atoms with Gasteiger partial charge in [-0.25, -0.2) is 9.59 Å². The summed E-state index contributed by atoms with van der Waals surface area (Å²) in [6.45, 7) is 9.48. The fourth-order valence-electron chi connectivity index (χ4n) is 3.23. The van der Waals surface area contributed by atoms with Gasteiger partial charge in [0, 0.05) is 0 Å². The molecule has 0 fully saturated rings. The number of hydrogen-bond donors (Lipinski definition) is 1. The standard InChI is InChI=1S/C24H27NO4/c1-15-13-18-11-12-20(28-22(26)17-9-7-6-8-10-17)21(19(18)14-16(15)2)25-23(27)29-24(3,4)5/h6-14,20-21H,1-5H3,(H,25,27)/t20-,21-/m0/s1. The first-order valence-corrected chi connectivity index (χ1v) is 9.69. The van der Waals surface area contributed by atoms with E-state index in [9.17, 15) is 9.59 Å². The maximum Gasteiger partial charge on any atom is 0.408 e. The first-order chi connectivity index (χ1) is 13.6. The number of nitrogens with one attached hydrogen (secondary N) is 1. The number of ether oxygens (including phenoxy) is 2. The van der Waals surface area contributed by atoms with Crippen LogP contribution in [0.1, 0.15) is 59.4 Å². The van der Waals surface area contributed by atoms with E-state index in [1.807, 2.05) is 52.8 Å². The Kier molecular flexibility index (Phi) is 5.78. The molecule has 1 amide bonds. The summed E-state index contributed by atoms with van der Waals surface area (Å²) >= 11 is 0. The topological polar surface area (TPSA) is 64.6 Å². The van der Waals surface area contributed by atoms with Crippen molar-refractivity contribution in [3.05, 3.63) is 76.4 Å². The first kappa shape index (κ1) is 20.6. The lowest BCUT2D eigenvalue weighted by molar-refractivity contribution is 0.0241. The molecule has 0 heterocycles. The van der Waals surface area contributed by atoms with Crippen LogP contribution in [-0.2, 0) is 9.47 Å². The zero-order valence-electron chi connectivity index (χ0n) is 17.5. The van der Waals surface area contributed by atoms with Crippen LogP contribution in [0.5, 0.6) is 0 Å². The minimum Gasteiger partial charge on any atom is -0.452 e. The molecule has 0 saturated carbocycles. The lowest BCUT2D eigenvalue weighted by atomic mass is 9.88. The summed E-state index contributed by atoms with van der Waals surface area (Å²) in [5, 5.41) is 2.90. The van der Waals surface area contributed by atoms with Crippen molar-refractivity contribution in [2.75, 3.05) is 0 Å². The molecule has 29 heavy (non-hydrogen) atoms. The highest BCUT2D eigenvalue weighted by Gasteiger charge is 2.32. The Bertz CT molecular complexity index is 941. The summed E-state index contributed by atoms with van der Waals surface area (Å²) in [6.07, 6.45) is 2.53. The van der Waals surface area contributed by atoms with E-state index in [1.54, 1.807) is 30.3 Å². The lowest BCUT2D eigenvalue weighted by Gasteiger charge is -2.32. The maximum absolute atomic E-state index is 12.6. The summed E-state index contributed by atoms with van der Waals surface area (Å²) < 4.78 is 11.2. The fourth-order valence-corrected chi connectivity index (χ4v) is 3.23. The second kappa shape index (κ2) is 8.11. The summed E-state index contributed by atoms with van der Waals surface area (Å²) in [5.74, 6) is -0.441. The van der Waals surface area contributed by atoms with Gasteiger partial charge in [0.1, 0.15) is 11.7 Å². The van der Waals surface area contributed by atoms with Crippen molar-refractivity contribution < 1.29 is 19.1 Å². The second-order valence-electron chi connectivity index (χ2n) is 8.28. The predicted octanol–water partition coefficient (Wildman–Crippen LogP) is 5.12. The van der Waals surface area contributed by atoms with Crippen LogP contribution in [0.2, 0.25) is 0 Å². The summed E-state index contributed by atoms with van der Waals surface area (Å²) in [5.41, 5.74) is 3.97. The molecule has 2 aromatic carbocycles. The summed E-state index contributed by atoms with van der Waals surface area (Å²) in [7, 11) is 0. The van der Waals surface area contributed by atoms with Crippen LogP contribution >= 0.6 is 0 Å². The lowest BCUT2D eigenvalue weighted by Crippen LogP contribution is -2.42. The number of hydrogen-bond acceptors (Lipinski definition) is 4. The van der Waals surface area contributed by atoms with Crippen molar-refractivity contribution in [2.24, 2.45) is 0 Å². The average Bonchev–Trinajstić information content (AvgIpc) is 2.64. The number of benzene rings is 2. The van der Waals surface area contributed by atoms with E-state index in [0.717, 1.165) is 22.3 Å². The molecule has 0 spiro atoms. The molecule has 0 bridgehead atoms. The quantitative estimate of drug-likeness (QED) is 0.735. The van der Waals surface area contributed by atoms with Gasteiger partial charge in [0.15, 0.2) is 0 Å². The van der Waals surface area contributed by atoms with Gasteiger partial charge >= 0.3 is 12.1 Å². The fraction of sp³-hybridized carbons (Fsp3) is 0.333. The highest BCUT2D eigenvalue weighted by molar-refractivity contribution is 5.89. The van der Waals surface area contributed by atoms with Crippen LogP contribution < -0.4 is 5.32 Å². The Morgan fingerprint density at radius 3 is 2.31 bits per heavy atom. The number of rotatable bonds is 3. The van der Waals surface area contributed by atoms with Crippen LogP contribution in [0, 0.1) is 13.8 Å². The largest absolute Gasteiger partial charge is 0.452 e. The molecule has 152 valence electrons. The molecule has 0 aliphatic heterocycles. The molecule has 2 aromatic rings. The third kappa shape index (κ3) is 5.05. The Balaban J connectivity index is 1.90. The zero-order chi connectivity index (χ0) is 21.2.